The molecular formula is C13H17N3OS2. The SMILES string of the molecule is CSCC(C)CNC(=O)c1sc2ncccc2c1N. The highest BCUT2D eigenvalue weighted by molar-refractivity contribution is 7.98. The van der Waals surface area contributed by atoms with Gasteiger partial charge in [0.1, 0.15) is 9.71 Å². The summed E-state index contributed by atoms with van der Waals surface area (Å²) < 4.78 is 0. The van der Waals surface area contributed by atoms with Crippen LogP contribution in [0.3, 0.4) is 0 Å². The molecule has 0 aromatic carbocycles. The first-order valence-corrected chi connectivity index (χ1v) is 8.24. The first kappa shape index (κ1) is 14.1. The number of nitrogens with zero attached hydrogens (tertiary/aromatic N) is 1. The number of pyridine rings is 1. The molecular weight excluding hydrogens is 278 g/mol. The molecule has 2 aromatic rings. The minimum Gasteiger partial charge on any atom is -0.397 e. The van der Waals surface area contributed by atoms with Gasteiger partial charge in [-0.3, -0.25) is 4.79 Å². The number of nitrogens with two attached hydrogens (primary N) is 1. The van der Waals surface area contributed by atoms with E-state index in [1.165, 1.54) is 11.3 Å². The van der Waals surface area contributed by atoms with Crippen LogP contribution in [0.5, 0.6) is 0 Å². The summed E-state index contributed by atoms with van der Waals surface area (Å²) in [5, 5.41) is 3.79. The number of nitrogen functional groups attached to an aromatic ring is 1. The van der Waals surface area contributed by atoms with Gasteiger partial charge in [0.15, 0.2) is 0 Å². The molecule has 0 spiro atoms. The molecule has 1 atom stereocenters. The summed E-state index contributed by atoms with van der Waals surface area (Å²) in [6, 6.07) is 3.72. The lowest BCUT2D eigenvalue weighted by Crippen LogP contribution is -2.28. The van der Waals surface area contributed by atoms with E-state index in [2.05, 4.69) is 23.5 Å². The van der Waals surface area contributed by atoms with Crippen molar-refractivity contribution >= 4 is 44.9 Å². The number of rotatable bonds is 5. The van der Waals surface area contributed by atoms with Gasteiger partial charge < -0.3 is 11.1 Å². The minimum atomic E-state index is -0.103. The molecule has 2 aromatic heterocycles. The fraction of sp³-hybridized carbons (Fsp3) is 0.385. The molecule has 1 unspecified atom stereocenters. The van der Waals surface area contributed by atoms with E-state index < -0.39 is 0 Å². The largest absolute Gasteiger partial charge is 0.397 e. The van der Waals surface area contributed by atoms with Crippen LogP contribution in [0.4, 0.5) is 5.69 Å². The van der Waals surface area contributed by atoms with Crippen molar-refractivity contribution in [3.63, 3.8) is 0 Å². The maximum Gasteiger partial charge on any atom is 0.263 e. The molecule has 4 nitrogen and oxygen atoms in total. The van der Waals surface area contributed by atoms with Gasteiger partial charge in [0.2, 0.25) is 0 Å². The van der Waals surface area contributed by atoms with Crippen molar-refractivity contribution in [2.45, 2.75) is 6.92 Å². The van der Waals surface area contributed by atoms with Gasteiger partial charge in [-0.1, -0.05) is 6.92 Å². The number of nitrogens with one attached hydrogen (secondary N) is 1. The van der Waals surface area contributed by atoms with E-state index >= 15 is 0 Å². The maximum atomic E-state index is 12.1. The number of hydrogen-bond acceptors (Lipinski definition) is 5. The molecule has 0 saturated heterocycles. The van der Waals surface area contributed by atoms with Crippen LogP contribution in [-0.2, 0) is 0 Å². The molecule has 0 aliphatic carbocycles. The Kier molecular flexibility index (Phi) is 4.66. The Hall–Kier alpha value is -1.27. The second-order valence-electron chi connectivity index (χ2n) is 4.47. The summed E-state index contributed by atoms with van der Waals surface area (Å²) >= 11 is 3.12. The number of carbonyl (C=O) groups is 1. The fourth-order valence-electron chi connectivity index (χ4n) is 1.81. The lowest BCUT2D eigenvalue weighted by Gasteiger charge is -2.10. The average Bonchev–Trinajstić information content (AvgIpc) is 2.74. The second-order valence-corrected chi connectivity index (χ2v) is 6.38. The van der Waals surface area contributed by atoms with Gasteiger partial charge in [0.05, 0.1) is 5.69 Å². The molecule has 0 saturated carbocycles. The highest BCUT2D eigenvalue weighted by Crippen LogP contribution is 2.31. The van der Waals surface area contributed by atoms with Crippen molar-refractivity contribution in [2.75, 3.05) is 24.3 Å². The molecule has 102 valence electrons. The van der Waals surface area contributed by atoms with Crippen LogP contribution in [-0.4, -0.2) is 29.4 Å². The third-order valence-corrected chi connectivity index (χ3v) is 4.80. The number of fused-ring (bicyclic) bond motifs is 1. The number of amides is 1. The third kappa shape index (κ3) is 3.19. The smallest absolute Gasteiger partial charge is 0.263 e. The number of anilines is 1. The molecule has 1 amide bonds. The van der Waals surface area contributed by atoms with Crippen molar-refractivity contribution in [3.05, 3.63) is 23.2 Å². The predicted molar refractivity (Wildman–Crippen MR) is 83.9 cm³/mol. The molecule has 6 heteroatoms. The van der Waals surface area contributed by atoms with Crippen molar-refractivity contribution < 1.29 is 4.79 Å². The van der Waals surface area contributed by atoms with E-state index in [0.29, 0.717) is 23.0 Å². The molecule has 0 aliphatic heterocycles. The van der Waals surface area contributed by atoms with Gasteiger partial charge in [0.25, 0.3) is 5.91 Å². The quantitative estimate of drug-likeness (QED) is 0.889. The molecule has 2 heterocycles. The second kappa shape index (κ2) is 6.25. The maximum absolute atomic E-state index is 12.1. The normalized spacial score (nSPS) is 12.5. The van der Waals surface area contributed by atoms with Crippen LogP contribution in [0, 0.1) is 5.92 Å². The van der Waals surface area contributed by atoms with E-state index in [4.69, 9.17) is 5.73 Å². The van der Waals surface area contributed by atoms with Crippen LogP contribution in [0.15, 0.2) is 18.3 Å². The van der Waals surface area contributed by atoms with E-state index in [-0.39, 0.29) is 5.91 Å². The molecule has 2 rings (SSSR count). The van der Waals surface area contributed by atoms with Crippen LogP contribution >= 0.6 is 23.1 Å². The summed E-state index contributed by atoms with van der Waals surface area (Å²) in [4.78, 5) is 17.7. The van der Waals surface area contributed by atoms with E-state index in [1.807, 2.05) is 12.1 Å². The Morgan fingerprint density at radius 1 is 1.63 bits per heavy atom. The highest BCUT2D eigenvalue weighted by atomic mass is 32.2. The van der Waals surface area contributed by atoms with Crippen LogP contribution in [0.2, 0.25) is 0 Å². The first-order chi connectivity index (χ1) is 9.13. The zero-order chi connectivity index (χ0) is 13.8. The van der Waals surface area contributed by atoms with Crippen molar-refractivity contribution in [2.24, 2.45) is 5.92 Å². The van der Waals surface area contributed by atoms with Crippen molar-refractivity contribution in [1.29, 1.82) is 0 Å². The molecule has 0 aliphatic rings. The number of hydrogen-bond donors (Lipinski definition) is 2. The highest BCUT2D eigenvalue weighted by Gasteiger charge is 2.17. The molecule has 19 heavy (non-hydrogen) atoms. The van der Waals surface area contributed by atoms with Gasteiger partial charge in [-0.15, -0.1) is 11.3 Å². The number of thiophene rings is 1. The average molecular weight is 295 g/mol. The molecule has 0 fully saturated rings. The summed E-state index contributed by atoms with van der Waals surface area (Å²) in [6.07, 6.45) is 3.77. The zero-order valence-electron chi connectivity index (χ0n) is 11.0. The summed E-state index contributed by atoms with van der Waals surface area (Å²) in [6.45, 7) is 2.79. The molecule has 3 N–H and O–H groups in total. The fourth-order valence-corrected chi connectivity index (χ4v) is 3.48. The van der Waals surface area contributed by atoms with Crippen molar-refractivity contribution in [1.82, 2.24) is 10.3 Å². The zero-order valence-corrected chi connectivity index (χ0v) is 12.6. The van der Waals surface area contributed by atoms with Crippen LogP contribution < -0.4 is 11.1 Å². The lowest BCUT2D eigenvalue weighted by molar-refractivity contribution is 0.0954. The van der Waals surface area contributed by atoms with Gasteiger partial charge in [0, 0.05) is 18.1 Å². The number of thioether (sulfide) groups is 1. The van der Waals surface area contributed by atoms with Crippen molar-refractivity contribution in [3.8, 4) is 0 Å². The Morgan fingerprint density at radius 2 is 2.42 bits per heavy atom. The summed E-state index contributed by atoms with van der Waals surface area (Å²) in [5.74, 6) is 1.38. The molecule has 0 bridgehead atoms. The van der Waals surface area contributed by atoms with E-state index in [0.717, 1.165) is 16.0 Å². The van der Waals surface area contributed by atoms with Gasteiger partial charge in [-0.25, -0.2) is 4.98 Å². The van der Waals surface area contributed by atoms with Crippen LogP contribution in [0.1, 0.15) is 16.6 Å². The van der Waals surface area contributed by atoms with Gasteiger partial charge >= 0.3 is 0 Å². The monoisotopic (exact) mass is 295 g/mol. The number of aromatic nitrogens is 1. The van der Waals surface area contributed by atoms with Crippen LogP contribution in [0.25, 0.3) is 10.2 Å². The molecule has 0 radical (unpaired) electrons. The summed E-state index contributed by atoms with van der Waals surface area (Å²) in [5.41, 5.74) is 6.54. The lowest BCUT2D eigenvalue weighted by atomic mass is 10.2. The Balaban J connectivity index is 2.11. The standard InChI is InChI=1S/C13H17N3OS2/c1-8(7-18-2)6-16-12(17)11-10(14)9-4-3-5-15-13(9)19-11/h3-5,8H,6-7,14H2,1-2H3,(H,16,17). The van der Waals surface area contributed by atoms with Gasteiger partial charge in [-0.05, 0) is 30.1 Å². The number of carbonyl (C=O) groups excluding carboxylic acids is 1. The Morgan fingerprint density at radius 3 is 3.11 bits per heavy atom. The van der Waals surface area contributed by atoms with E-state index in [1.54, 1.807) is 18.0 Å². The minimum absolute atomic E-state index is 0.103. The topological polar surface area (TPSA) is 68.0 Å². The summed E-state index contributed by atoms with van der Waals surface area (Å²) in [7, 11) is 0. The first-order valence-electron chi connectivity index (χ1n) is 6.03. The van der Waals surface area contributed by atoms with Gasteiger partial charge in [-0.2, -0.15) is 11.8 Å². The Labute approximate surface area is 120 Å². The third-order valence-electron chi connectivity index (χ3n) is 2.77. The predicted octanol–water partition coefficient (Wildman–Crippen LogP) is 2.61. The van der Waals surface area contributed by atoms with E-state index in [9.17, 15) is 4.79 Å². The Bertz CT molecular complexity index is 582.